The number of nitro benzene ring substituents is 1. The predicted octanol–water partition coefficient (Wildman–Crippen LogP) is 2.49. The minimum absolute atomic E-state index is 0.00217. The zero-order valence-electron chi connectivity index (χ0n) is 10.7. The van der Waals surface area contributed by atoms with Crippen LogP contribution in [0.1, 0.15) is 20.3 Å². The lowest BCUT2D eigenvalue weighted by Gasteiger charge is -2.08. The summed E-state index contributed by atoms with van der Waals surface area (Å²) in [6.07, 6.45) is 0.0580. The number of anilines is 1. The second-order valence-corrected chi connectivity index (χ2v) is 4.14. The number of ether oxygens (including phenoxy) is 1. The van der Waals surface area contributed by atoms with E-state index in [4.69, 9.17) is 4.74 Å². The summed E-state index contributed by atoms with van der Waals surface area (Å²) < 4.78 is 18.6. The number of nitro groups is 1. The number of amides is 1. The molecule has 1 amide bonds. The summed E-state index contributed by atoms with van der Waals surface area (Å²) in [6, 6.07) is 2.96. The van der Waals surface area contributed by atoms with Gasteiger partial charge in [0.1, 0.15) is 5.82 Å². The zero-order chi connectivity index (χ0) is 14.4. The highest BCUT2D eigenvalue weighted by atomic mass is 19.1. The van der Waals surface area contributed by atoms with Gasteiger partial charge in [0.25, 0.3) is 5.69 Å². The topological polar surface area (TPSA) is 81.5 Å². The van der Waals surface area contributed by atoms with Crippen LogP contribution in [0, 0.1) is 15.9 Å². The van der Waals surface area contributed by atoms with E-state index in [1.807, 2.05) is 13.8 Å². The lowest BCUT2D eigenvalue weighted by atomic mass is 10.2. The van der Waals surface area contributed by atoms with Gasteiger partial charge in [-0.05, 0) is 19.9 Å². The molecule has 0 spiro atoms. The van der Waals surface area contributed by atoms with E-state index < -0.39 is 16.6 Å². The molecule has 0 saturated carbocycles. The number of hydrogen-bond acceptors (Lipinski definition) is 4. The zero-order valence-corrected chi connectivity index (χ0v) is 10.7. The molecule has 0 radical (unpaired) electrons. The molecule has 0 aliphatic rings. The molecule has 0 atom stereocenters. The van der Waals surface area contributed by atoms with Gasteiger partial charge in [-0.1, -0.05) is 0 Å². The lowest BCUT2D eigenvalue weighted by molar-refractivity contribution is -0.384. The first-order valence-corrected chi connectivity index (χ1v) is 5.75. The lowest BCUT2D eigenvalue weighted by Crippen LogP contribution is -2.16. The van der Waals surface area contributed by atoms with E-state index in [2.05, 4.69) is 5.32 Å². The normalized spacial score (nSPS) is 10.5. The van der Waals surface area contributed by atoms with Gasteiger partial charge in [-0.2, -0.15) is 0 Å². The smallest absolute Gasteiger partial charge is 0.271 e. The third-order valence-electron chi connectivity index (χ3n) is 2.22. The summed E-state index contributed by atoms with van der Waals surface area (Å²) in [6.45, 7) is 3.87. The summed E-state index contributed by atoms with van der Waals surface area (Å²) >= 11 is 0. The Morgan fingerprint density at radius 1 is 1.53 bits per heavy atom. The maximum atomic E-state index is 13.4. The molecule has 0 aliphatic heterocycles. The van der Waals surface area contributed by atoms with E-state index in [-0.39, 0.29) is 30.5 Å². The largest absolute Gasteiger partial charge is 0.378 e. The van der Waals surface area contributed by atoms with E-state index in [9.17, 15) is 19.3 Å². The molecule has 0 fully saturated rings. The number of non-ortho nitro benzene ring substituents is 1. The fourth-order valence-corrected chi connectivity index (χ4v) is 1.32. The molecule has 0 aliphatic carbocycles. The van der Waals surface area contributed by atoms with Crippen molar-refractivity contribution >= 4 is 17.3 Å². The van der Waals surface area contributed by atoms with Crippen LogP contribution in [0.5, 0.6) is 0 Å². The Hall–Kier alpha value is -2.02. The number of hydrogen-bond donors (Lipinski definition) is 1. The second-order valence-electron chi connectivity index (χ2n) is 4.14. The Morgan fingerprint density at radius 3 is 2.79 bits per heavy atom. The average molecular weight is 270 g/mol. The van der Waals surface area contributed by atoms with Crippen molar-refractivity contribution in [2.45, 2.75) is 26.4 Å². The van der Waals surface area contributed by atoms with Crippen LogP contribution in [0.25, 0.3) is 0 Å². The molecule has 104 valence electrons. The van der Waals surface area contributed by atoms with Crippen molar-refractivity contribution in [2.75, 3.05) is 11.9 Å². The number of carbonyl (C=O) groups is 1. The number of halogens is 1. The first-order valence-electron chi connectivity index (χ1n) is 5.75. The SMILES string of the molecule is CC(C)OCCC(=O)Nc1cc([N+](=O)[O-])ccc1F. The standard InChI is InChI=1S/C12H15FN2O4/c1-8(2)19-6-5-12(16)14-11-7-9(15(17)18)3-4-10(11)13/h3-4,7-8H,5-6H2,1-2H3,(H,14,16). The van der Waals surface area contributed by atoms with E-state index in [0.29, 0.717) is 0 Å². The summed E-state index contributed by atoms with van der Waals surface area (Å²) in [4.78, 5) is 21.4. The van der Waals surface area contributed by atoms with E-state index >= 15 is 0 Å². The van der Waals surface area contributed by atoms with Crippen LogP contribution in [0.15, 0.2) is 18.2 Å². The third-order valence-corrected chi connectivity index (χ3v) is 2.22. The number of nitrogens with one attached hydrogen (secondary N) is 1. The molecule has 1 rings (SSSR count). The van der Waals surface area contributed by atoms with Crippen molar-refractivity contribution in [2.24, 2.45) is 0 Å². The molecular weight excluding hydrogens is 255 g/mol. The third kappa shape index (κ3) is 5.01. The average Bonchev–Trinajstić information content (AvgIpc) is 2.31. The van der Waals surface area contributed by atoms with Gasteiger partial charge < -0.3 is 10.1 Å². The summed E-state index contributed by atoms with van der Waals surface area (Å²) in [7, 11) is 0. The maximum absolute atomic E-state index is 13.4. The van der Waals surface area contributed by atoms with Gasteiger partial charge in [-0.25, -0.2) is 4.39 Å². The molecule has 0 unspecified atom stereocenters. The van der Waals surface area contributed by atoms with E-state index in [0.717, 1.165) is 18.2 Å². The summed E-state index contributed by atoms with van der Waals surface area (Å²) in [5, 5.41) is 12.8. The van der Waals surface area contributed by atoms with Gasteiger partial charge >= 0.3 is 0 Å². The minimum Gasteiger partial charge on any atom is -0.378 e. The van der Waals surface area contributed by atoms with Crippen molar-refractivity contribution in [3.8, 4) is 0 Å². The van der Waals surface area contributed by atoms with Gasteiger partial charge in [0, 0.05) is 12.1 Å². The Labute approximate surface area is 109 Å². The van der Waals surface area contributed by atoms with Gasteiger partial charge in [0.2, 0.25) is 5.91 Å². The van der Waals surface area contributed by atoms with Crippen molar-refractivity contribution in [1.29, 1.82) is 0 Å². The monoisotopic (exact) mass is 270 g/mol. The molecule has 0 saturated heterocycles. The molecule has 6 nitrogen and oxygen atoms in total. The summed E-state index contributed by atoms with van der Waals surface area (Å²) in [5.74, 6) is -1.18. The molecular formula is C12H15FN2O4. The minimum atomic E-state index is -0.719. The highest BCUT2D eigenvalue weighted by molar-refractivity contribution is 5.91. The van der Waals surface area contributed by atoms with Gasteiger partial charge in [-0.3, -0.25) is 14.9 Å². The molecule has 1 N–H and O–H groups in total. The van der Waals surface area contributed by atoms with E-state index in [1.165, 1.54) is 0 Å². The van der Waals surface area contributed by atoms with Crippen LogP contribution in [-0.4, -0.2) is 23.5 Å². The van der Waals surface area contributed by atoms with Crippen LogP contribution in [0.2, 0.25) is 0 Å². The Kier molecular flexibility index (Phi) is 5.37. The van der Waals surface area contributed by atoms with Crippen LogP contribution < -0.4 is 5.32 Å². The van der Waals surface area contributed by atoms with Gasteiger partial charge in [0.15, 0.2) is 0 Å². The predicted molar refractivity (Wildman–Crippen MR) is 67.4 cm³/mol. The van der Waals surface area contributed by atoms with Gasteiger partial charge in [0.05, 0.1) is 29.7 Å². The van der Waals surface area contributed by atoms with Crippen LogP contribution in [0.4, 0.5) is 15.8 Å². The van der Waals surface area contributed by atoms with Crippen LogP contribution >= 0.6 is 0 Å². The van der Waals surface area contributed by atoms with Crippen molar-refractivity contribution in [3.05, 3.63) is 34.1 Å². The van der Waals surface area contributed by atoms with Crippen molar-refractivity contribution in [3.63, 3.8) is 0 Å². The number of rotatable bonds is 6. The second kappa shape index (κ2) is 6.79. The molecule has 0 heterocycles. The fraction of sp³-hybridized carbons (Fsp3) is 0.417. The molecule has 1 aromatic rings. The maximum Gasteiger partial charge on any atom is 0.271 e. The molecule has 0 bridgehead atoms. The molecule has 0 aromatic heterocycles. The number of carbonyl (C=O) groups excluding carboxylic acids is 1. The molecule has 19 heavy (non-hydrogen) atoms. The fourth-order valence-electron chi connectivity index (χ4n) is 1.32. The molecule has 7 heteroatoms. The Morgan fingerprint density at radius 2 is 2.21 bits per heavy atom. The van der Waals surface area contributed by atoms with E-state index in [1.54, 1.807) is 0 Å². The van der Waals surface area contributed by atoms with Crippen molar-refractivity contribution in [1.82, 2.24) is 0 Å². The first-order chi connectivity index (χ1) is 8.90. The first kappa shape index (κ1) is 15.0. The quantitative estimate of drug-likeness (QED) is 0.636. The van der Waals surface area contributed by atoms with Gasteiger partial charge in [-0.15, -0.1) is 0 Å². The van der Waals surface area contributed by atoms with Crippen LogP contribution in [-0.2, 0) is 9.53 Å². The van der Waals surface area contributed by atoms with Crippen LogP contribution in [0.3, 0.4) is 0 Å². The Balaban J connectivity index is 2.63. The Bertz CT molecular complexity index is 477. The molecule has 1 aromatic carbocycles. The summed E-state index contributed by atoms with van der Waals surface area (Å²) in [5.41, 5.74) is -0.487. The highest BCUT2D eigenvalue weighted by Gasteiger charge is 2.13. The number of benzene rings is 1. The van der Waals surface area contributed by atoms with Crippen molar-refractivity contribution < 1.29 is 18.8 Å². The highest BCUT2D eigenvalue weighted by Crippen LogP contribution is 2.21. The number of nitrogens with zero attached hydrogens (tertiary/aromatic N) is 1.